The van der Waals surface area contributed by atoms with Crippen molar-refractivity contribution in [3.8, 4) is 0 Å². The first-order valence-corrected chi connectivity index (χ1v) is 7.17. The van der Waals surface area contributed by atoms with Crippen molar-refractivity contribution in [3.63, 3.8) is 0 Å². The Morgan fingerprint density at radius 1 is 1.40 bits per heavy atom. The van der Waals surface area contributed by atoms with Crippen molar-refractivity contribution in [2.45, 2.75) is 6.42 Å². The van der Waals surface area contributed by atoms with Crippen molar-refractivity contribution in [1.82, 2.24) is 15.1 Å². The van der Waals surface area contributed by atoms with Gasteiger partial charge in [0.2, 0.25) is 5.91 Å². The molecule has 2 rings (SSSR count). The van der Waals surface area contributed by atoms with Crippen LogP contribution in [0.3, 0.4) is 0 Å². The SMILES string of the molecule is Cn1nccc1CCNCC(=O)Nc1cccc(Br)c1. The van der Waals surface area contributed by atoms with E-state index in [2.05, 4.69) is 31.7 Å². The molecule has 0 aliphatic rings. The summed E-state index contributed by atoms with van der Waals surface area (Å²) in [5.74, 6) is -0.0480. The summed E-state index contributed by atoms with van der Waals surface area (Å²) in [6, 6.07) is 9.51. The van der Waals surface area contributed by atoms with E-state index >= 15 is 0 Å². The van der Waals surface area contributed by atoms with E-state index in [1.54, 1.807) is 6.20 Å². The zero-order chi connectivity index (χ0) is 14.4. The monoisotopic (exact) mass is 336 g/mol. The molecule has 1 aromatic carbocycles. The fourth-order valence-corrected chi connectivity index (χ4v) is 2.24. The Morgan fingerprint density at radius 3 is 2.95 bits per heavy atom. The van der Waals surface area contributed by atoms with Crippen LogP contribution in [-0.2, 0) is 18.3 Å². The molecule has 6 heteroatoms. The maximum Gasteiger partial charge on any atom is 0.238 e. The fourth-order valence-electron chi connectivity index (χ4n) is 1.84. The van der Waals surface area contributed by atoms with Crippen molar-refractivity contribution in [3.05, 3.63) is 46.7 Å². The number of hydrogen-bond acceptors (Lipinski definition) is 3. The molecule has 1 heterocycles. The van der Waals surface area contributed by atoms with Crippen LogP contribution in [-0.4, -0.2) is 28.8 Å². The lowest BCUT2D eigenvalue weighted by Gasteiger charge is -2.07. The van der Waals surface area contributed by atoms with Gasteiger partial charge in [-0.1, -0.05) is 22.0 Å². The Kier molecular flexibility index (Phi) is 5.31. The number of amides is 1. The Labute approximate surface area is 126 Å². The molecule has 0 fully saturated rings. The summed E-state index contributed by atoms with van der Waals surface area (Å²) in [6.45, 7) is 1.04. The molecular weight excluding hydrogens is 320 g/mol. The summed E-state index contributed by atoms with van der Waals surface area (Å²) in [7, 11) is 1.91. The number of halogens is 1. The number of hydrogen-bond donors (Lipinski definition) is 2. The minimum atomic E-state index is -0.0480. The molecule has 0 saturated heterocycles. The molecule has 0 spiro atoms. The predicted octanol–water partition coefficient (Wildman–Crippen LogP) is 1.95. The van der Waals surface area contributed by atoms with Gasteiger partial charge in [-0.05, 0) is 24.3 Å². The zero-order valence-electron chi connectivity index (χ0n) is 11.3. The molecule has 106 valence electrons. The van der Waals surface area contributed by atoms with Gasteiger partial charge in [-0.15, -0.1) is 0 Å². The number of aryl methyl sites for hydroxylation is 1. The molecule has 0 bridgehead atoms. The van der Waals surface area contributed by atoms with E-state index in [9.17, 15) is 4.79 Å². The highest BCUT2D eigenvalue weighted by atomic mass is 79.9. The molecule has 1 aromatic heterocycles. The first-order chi connectivity index (χ1) is 9.65. The average molecular weight is 337 g/mol. The minimum absolute atomic E-state index is 0.0480. The second kappa shape index (κ2) is 7.21. The van der Waals surface area contributed by atoms with E-state index in [0.717, 1.165) is 28.8 Å². The van der Waals surface area contributed by atoms with Crippen LogP contribution < -0.4 is 10.6 Å². The summed E-state index contributed by atoms with van der Waals surface area (Å²) < 4.78 is 2.78. The molecule has 0 radical (unpaired) electrons. The number of nitrogens with zero attached hydrogens (tertiary/aromatic N) is 2. The van der Waals surface area contributed by atoms with E-state index in [-0.39, 0.29) is 5.91 Å². The minimum Gasteiger partial charge on any atom is -0.325 e. The summed E-state index contributed by atoms with van der Waals surface area (Å²) in [5, 5.41) is 10.1. The maximum atomic E-state index is 11.7. The van der Waals surface area contributed by atoms with Crippen molar-refractivity contribution in [2.24, 2.45) is 7.05 Å². The summed E-state index contributed by atoms with van der Waals surface area (Å²) in [5.41, 5.74) is 1.93. The van der Waals surface area contributed by atoms with Crippen LogP contribution in [0.25, 0.3) is 0 Å². The van der Waals surface area contributed by atoms with E-state index in [1.807, 2.05) is 42.1 Å². The van der Waals surface area contributed by atoms with E-state index < -0.39 is 0 Å². The van der Waals surface area contributed by atoms with Crippen molar-refractivity contribution >= 4 is 27.5 Å². The van der Waals surface area contributed by atoms with Gasteiger partial charge in [0.25, 0.3) is 0 Å². The number of carbonyl (C=O) groups is 1. The molecule has 5 nitrogen and oxygen atoms in total. The van der Waals surface area contributed by atoms with Crippen LogP contribution in [0.1, 0.15) is 5.69 Å². The number of nitrogens with one attached hydrogen (secondary N) is 2. The molecule has 0 unspecified atom stereocenters. The smallest absolute Gasteiger partial charge is 0.238 e. The van der Waals surface area contributed by atoms with Crippen molar-refractivity contribution in [1.29, 1.82) is 0 Å². The average Bonchev–Trinajstić information content (AvgIpc) is 2.80. The highest BCUT2D eigenvalue weighted by Crippen LogP contribution is 2.15. The van der Waals surface area contributed by atoms with Crippen molar-refractivity contribution in [2.75, 3.05) is 18.4 Å². The molecule has 0 atom stereocenters. The number of rotatable bonds is 6. The van der Waals surface area contributed by atoms with Crippen LogP contribution in [0.4, 0.5) is 5.69 Å². The molecular formula is C14H17BrN4O. The van der Waals surface area contributed by atoms with E-state index in [4.69, 9.17) is 0 Å². The summed E-state index contributed by atoms with van der Waals surface area (Å²) >= 11 is 3.37. The summed E-state index contributed by atoms with van der Waals surface area (Å²) in [6.07, 6.45) is 2.62. The highest BCUT2D eigenvalue weighted by Gasteiger charge is 2.03. The quantitative estimate of drug-likeness (QED) is 0.792. The zero-order valence-corrected chi connectivity index (χ0v) is 12.9. The van der Waals surface area contributed by atoms with E-state index in [1.165, 1.54) is 0 Å². The van der Waals surface area contributed by atoms with Gasteiger partial charge < -0.3 is 10.6 Å². The largest absolute Gasteiger partial charge is 0.325 e. The van der Waals surface area contributed by atoms with Gasteiger partial charge in [-0.2, -0.15) is 5.10 Å². The first-order valence-electron chi connectivity index (χ1n) is 6.38. The van der Waals surface area contributed by atoms with Gasteiger partial charge >= 0.3 is 0 Å². The van der Waals surface area contributed by atoms with Crippen LogP contribution in [0.2, 0.25) is 0 Å². The van der Waals surface area contributed by atoms with Gasteiger partial charge in [-0.3, -0.25) is 9.48 Å². The maximum absolute atomic E-state index is 11.7. The van der Waals surface area contributed by atoms with Gasteiger partial charge in [0.05, 0.1) is 6.54 Å². The number of aromatic nitrogens is 2. The third-order valence-electron chi connectivity index (χ3n) is 2.87. The first kappa shape index (κ1) is 14.7. The molecule has 20 heavy (non-hydrogen) atoms. The van der Waals surface area contributed by atoms with Crippen LogP contribution >= 0.6 is 15.9 Å². The Morgan fingerprint density at radius 2 is 2.25 bits per heavy atom. The number of carbonyl (C=O) groups excluding carboxylic acids is 1. The van der Waals surface area contributed by atoms with Gasteiger partial charge in [0, 0.05) is 42.1 Å². The van der Waals surface area contributed by atoms with Crippen LogP contribution in [0.15, 0.2) is 41.0 Å². The lowest BCUT2D eigenvalue weighted by molar-refractivity contribution is -0.115. The van der Waals surface area contributed by atoms with E-state index in [0.29, 0.717) is 6.54 Å². The molecule has 0 aliphatic carbocycles. The molecule has 0 saturated carbocycles. The van der Waals surface area contributed by atoms with Gasteiger partial charge in [0.15, 0.2) is 0 Å². The standard InChI is InChI=1S/C14H17BrN4O/c1-19-13(6-8-17-19)5-7-16-10-14(20)18-12-4-2-3-11(15)9-12/h2-4,6,8-9,16H,5,7,10H2,1H3,(H,18,20). The van der Waals surface area contributed by atoms with Crippen LogP contribution in [0.5, 0.6) is 0 Å². The predicted molar refractivity (Wildman–Crippen MR) is 82.6 cm³/mol. The number of benzene rings is 1. The third kappa shape index (κ3) is 4.47. The third-order valence-corrected chi connectivity index (χ3v) is 3.37. The molecule has 2 aromatic rings. The molecule has 2 N–H and O–H groups in total. The van der Waals surface area contributed by atoms with Gasteiger partial charge in [-0.25, -0.2) is 0 Å². The molecule has 0 aliphatic heterocycles. The Balaban J connectivity index is 1.69. The Bertz CT molecular complexity index is 582. The number of anilines is 1. The normalized spacial score (nSPS) is 10.5. The highest BCUT2D eigenvalue weighted by molar-refractivity contribution is 9.10. The van der Waals surface area contributed by atoms with Crippen LogP contribution in [0, 0.1) is 0 Å². The molecule has 1 amide bonds. The van der Waals surface area contributed by atoms with Crippen molar-refractivity contribution < 1.29 is 4.79 Å². The lowest BCUT2D eigenvalue weighted by Crippen LogP contribution is -2.29. The second-order valence-electron chi connectivity index (χ2n) is 4.43. The Hall–Kier alpha value is -1.66. The topological polar surface area (TPSA) is 59.0 Å². The second-order valence-corrected chi connectivity index (χ2v) is 5.35. The summed E-state index contributed by atoms with van der Waals surface area (Å²) in [4.78, 5) is 11.7. The van der Waals surface area contributed by atoms with Gasteiger partial charge in [0.1, 0.15) is 0 Å². The fraction of sp³-hybridized carbons (Fsp3) is 0.286. The lowest BCUT2D eigenvalue weighted by atomic mass is 10.3.